The Labute approximate surface area is 315 Å². The minimum atomic E-state index is -0.446. The molecule has 0 atom stereocenters. The molecule has 0 saturated carbocycles. The number of hydrogen-bond donors (Lipinski definition) is 0. The number of hydrogen-bond acceptors (Lipinski definition) is 0. The molecule has 0 nitrogen and oxygen atoms in total. The largest absolute Gasteiger partial charge is 0.107 e. The van der Waals surface area contributed by atoms with E-state index in [4.69, 9.17) is 0 Å². The van der Waals surface area contributed by atoms with Crippen molar-refractivity contribution in [3.8, 4) is 0 Å². The van der Waals surface area contributed by atoms with Gasteiger partial charge in [0, 0.05) is 40.8 Å². The second-order valence-electron chi connectivity index (χ2n) is 8.68. The maximum Gasteiger partial charge on any atom is 0 e. The van der Waals surface area contributed by atoms with Gasteiger partial charge in [0.1, 0.15) is 0 Å². The molecule has 0 aliphatic rings. The summed E-state index contributed by atoms with van der Waals surface area (Å²) in [5.41, 5.74) is 0. The van der Waals surface area contributed by atoms with E-state index in [-0.39, 0.29) is 88.8 Å². The van der Waals surface area contributed by atoms with E-state index in [0.29, 0.717) is 0 Å². The molecule has 220 valence electrons. The molecule has 0 aliphatic heterocycles. The number of halogens is 2. The van der Waals surface area contributed by atoms with Crippen LogP contribution in [0.3, 0.4) is 0 Å². The Kier molecular flexibility index (Phi) is 20.1. The van der Waals surface area contributed by atoms with Gasteiger partial charge >= 0.3 is 0 Å². The van der Waals surface area contributed by atoms with E-state index in [0.717, 1.165) is 0 Å². The summed E-state index contributed by atoms with van der Waals surface area (Å²) in [6, 6.07) is 64.7. The van der Waals surface area contributed by atoms with Crippen LogP contribution in [0, 0.1) is 0 Å². The maximum absolute atomic E-state index is 2.23. The maximum atomic E-state index is 2.23. The molecule has 0 unspecified atom stereocenters. The van der Waals surface area contributed by atoms with E-state index < -0.39 is 15.8 Å². The second-order valence-corrected chi connectivity index (χ2v) is 13.1. The van der Waals surface area contributed by atoms with E-state index in [2.05, 4.69) is 182 Å². The fraction of sp³-hybridized carbons (Fsp3) is 0. The minimum Gasteiger partial charge on any atom is -0.107 e. The predicted octanol–water partition coefficient (Wildman–Crippen LogP) is 8.12. The first-order chi connectivity index (χ1) is 18.9. The molecule has 0 amide bonds. The Hall–Kier alpha value is -1.04. The SMILES string of the molecule is I.I.[Pd].[Pd].c1ccc(P(c2ccccc2)c2ccccc2)cc1.c1ccc(P(c2ccccc2)c2ccccc2)cc1. The first-order valence-corrected chi connectivity index (χ1v) is 15.5. The molecule has 0 radical (unpaired) electrons. The molecule has 0 spiro atoms. The average Bonchev–Trinajstić information content (AvgIpc) is 3.01. The van der Waals surface area contributed by atoms with Crippen molar-refractivity contribution in [2.45, 2.75) is 0 Å². The molecule has 42 heavy (non-hydrogen) atoms. The summed E-state index contributed by atoms with van der Waals surface area (Å²) in [5, 5.41) is 8.39. The van der Waals surface area contributed by atoms with E-state index in [9.17, 15) is 0 Å². The third kappa shape index (κ3) is 11.2. The topological polar surface area (TPSA) is 0 Å². The zero-order valence-corrected chi connectivity index (χ0v) is 32.2. The van der Waals surface area contributed by atoms with Gasteiger partial charge in [0.2, 0.25) is 0 Å². The third-order valence-corrected chi connectivity index (χ3v) is 11.0. The van der Waals surface area contributed by atoms with Crippen LogP contribution < -0.4 is 31.8 Å². The van der Waals surface area contributed by atoms with Crippen molar-refractivity contribution in [1.29, 1.82) is 0 Å². The summed E-state index contributed by atoms with van der Waals surface area (Å²) >= 11 is 0. The molecule has 0 aliphatic carbocycles. The Morgan fingerprint density at radius 1 is 0.214 bits per heavy atom. The van der Waals surface area contributed by atoms with Crippen LogP contribution >= 0.6 is 63.8 Å². The Morgan fingerprint density at radius 3 is 0.452 bits per heavy atom. The molecule has 0 heterocycles. The molecule has 0 aromatic heterocycles. The van der Waals surface area contributed by atoms with Gasteiger partial charge in [-0.2, -0.15) is 0 Å². The first-order valence-electron chi connectivity index (χ1n) is 12.8. The third-order valence-electron chi connectivity index (χ3n) is 6.09. The molecule has 6 aromatic rings. The zero-order chi connectivity index (χ0) is 25.8. The van der Waals surface area contributed by atoms with Crippen LogP contribution in [-0.4, -0.2) is 0 Å². The molecule has 6 heteroatoms. The van der Waals surface area contributed by atoms with Crippen molar-refractivity contribution < 1.29 is 40.8 Å². The van der Waals surface area contributed by atoms with Crippen LogP contribution in [0.2, 0.25) is 0 Å². The summed E-state index contributed by atoms with van der Waals surface area (Å²) in [6.45, 7) is 0. The van der Waals surface area contributed by atoms with Crippen LogP contribution in [0.5, 0.6) is 0 Å². The molecule has 0 saturated heterocycles. The van der Waals surface area contributed by atoms with Gasteiger partial charge in [-0.3, -0.25) is 0 Å². The molecular formula is C36H32I2P2Pd2. The van der Waals surface area contributed by atoms with Crippen molar-refractivity contribution in [3.63, 3.8) is 0 Å². The van der Waals surface area contributed by atoms with Gasteiger partial charge in [-0.05, 0) is 47.7 Å². The van der Waals surface area contributed by atoms with Gasteiger partial charge in [0.15, 0.2) is 0 Å². The van der Waals surface area contributed by atoms with Gasteiger partial charge in [-0.15, -0.1) is 48.0 Å². The summed E-state index contributed by atoms with van der Waals surface area (Å²) in [4.78, 5) is 0. The molecule has 0 fully saturated rings. The van der Waals surface area contributed by atoms with Crippen molar-refractivity contribution in [1.82, 2.24) is 0 Å². The number of rotatable bonds is 6. The van der Waals surface area contributed by atoms with Gasteiger partial charge < -0.3 is 0 Å². The molecule has 6 rings (SSSR count). The van der Waals surface area contributed by atoms with E-state index in [1.807, 2.05) is 0 Å². The quantitative estimate of drug-likeness (QED) is 0.0900. The first kappa shape index (κ1) is 39.0. The van der Waals surface area contributed by atoms with Gasteiger partial charge in [0.05, 0.1) is 0 Å². The number of benzene rings is 6. The van der Waals surface area contributed by atoms with Gasteiger partial charge in [-0.1, -0.05) is 182 Å². The van der Waals surface area contributed by atoms with Crippen LogP contribution in [0.15, 0.2) is 182 Å². The van der Waals surface area contributed by atoms with Crippen molar-refractivity contribution in [2.24, 2.45) is 0 Å². The smallest absolute Gasteiger partial charge is 0 e. The Bertz CT molecular complexity index is 1190. The Balaban J connectivity index is 0.000000383. The van der Waals surface area contributed by atoms with Crippen LogP contribution in [0.4, 0.5) is 0 Å². The van der Waals surface area contributed by atoms with Crippen molar-refractivity contribution >= 4 is 95.6 Å². The Morgan fingerprint density at radius 2 is 0.333 bits per heavy atom. The predicted molar refractivity (Wildman–Crippen MR) is 201 cm³/mol. The second kappa shape index (κ2) is 21.6. The minimum absolute atomic E-state index is 0. The fourth-order valence-electron chi connectivity index (χ4n) is 4.36. The normalized spacial score (nSPS) is 9.57. The van der Waals surface area contributed by atoms with Crippen LogP contribution in [0.1, 0.15) is 0 Å². The summed E-state index contributed by atoms with van der Waals surface area (Å²) < 4.78 is 0. The molecule has 0 N–H and O–H groups in total. The molecular weight excluding hydrogens is 961 g/mol. The zero-order valence-electron chi connectivity index (χ0n) is 22.7. The van der Waals surface area contributed by atoms with E-state index in [1.165, 1.54) is 31.8 Å². The van der Waals surface area contributed by atoms with Crippen LogP contribution in [-0.2, 0) is 40.8 Å². The average molecular weight is 993 g/mol. The van der Waals surface area contributed by atoms with Crippen molar-refractivity contribution in [3.05, 3.63) is 182 Å². The molecule has 0 bridgehead atoms. The summed E-state index contributed by atoms with van der Waals surface area (Å²) in [5.74, 6) is 0. The molecule has 6 aromatic carbocycles. The van der Waals surface area contributed by atoms with Gasteiger partial charge in [0.25, 0.3) is 0 Å². The monoisotopic (exact) mass is 992 g/mol. The van der Waals surface area contributed by atoms with Crippen molar-refractivity contribution in [2.75, 3.05) is 0 Å². The van der Waals surface area contributed by atoms with Gasteiger partial charge in [-0.25, -0.2) is 0 Å². The van der Waals surface area contributed by atoms with E-state index >= 15 is 0 Å². The van der Waals surface area contributed by atoms with E-state index in [1.54, 1.807) is 0 Å². The standard InChI is InChI=1S/2C18H15P.2HI.2Pd/c2*1-4-10-16(11-5-1)19(17-12-6-2-7-13-17)18-14-8-3-9-15-18;;;;/h2*1-15H;2*1H;;. The summed E-state index contributed by atoms with van der Waals surface area (Å²) in [7, 11) is -0.892. The summed E-state index contributed by atoms with van der Waals surface area (Å²) in [6.07, 6.45) is 0. The van der Waals surface area contributed by atoms with Crippen LogP contribution in [0.25, 0.3) is 0 Å². The fourth-order valence-corrected chi connectivity index (χ4v) is 8.97.